The summed E-state index contributed by atoms with van der Waals surface area (Å²) in [5, 5.41) is 14.2. The van der Waals surface area contributed by atoms with E-state index in [4.69, 9.17) is 13.9 Å². The number of amides is 1. The molecule has 0 aliphatic carbocycles. The summed E-state index contributed by atoms with van der Waals surface area (Å²) in [7, 11) is 1.54. The zero-order valence-corrected chi connectivity index (χ0v) is 23.1. The van der Waals surface area contributed by atoms with Crippen LogP contribution in [-0.2, 0) is 0 Å². The van der Waals surface area contributed by atoms with E-state index in [0.717, 1.165) is 60.3 Å². The van der Waals surface area contributed by atoms with E-state index in [-0.39, 0.29) is 17.2 Å². The molecule has 4 heterocycles. The van der Waals surface area contributed by atoms with Crippen LogP contribution in [0, 0.1) is 6.92 Å². The lowest BCUT2D eigenvalue weighted by Gasteiger charge is -2.35. The monoisotopic (exact) mass is 526 g/mol. The van der Waals surface area contributed by atoms with E-state index < -0.39 is 0 Å². The van der Waals surface area contributed by atoms with Gasteiger partial charge in [0.25, 0.3) is 5.91 Å². The van der Waals surface area contributed by atoms with Crippen LogP contribution in [0.3, 0.4) is 0 Å². The molecule has 0 saturated carbocycles. The molecule has 3 aromatic rings. The van der Waals surface area contributed by atoms with E-state index in [2.05, 4.69) is 38.2 Å². The van der Waals surface area contributed by atoms with Crippen LogP contribution in [0.5, 0.6) is 17.2 Å². The van der Waals surface area contributed by atoms with Crippen molar-refractivity contribution < 1.29 is 23.8 Å². The molecule has 1 aromatic heterocycles. The number of piperidine rings is 1. The number of carbonyl (C=O) groups excluding carboxylic acids is 1. The van der Waals surface area contributed by atoms with Crippen molar-refractivity contribution >= 4 is 29.0 Å². The van der Waals surface area contributed by atoms with Gasteiger partial charge in [0, 0.05) is 41.5 Å². The van der Waals surface area contributed by atoms with Gasteiger partial charge in [0.2, 0.25) is 0 Å². The predicted molar refractivity (Wildman–Crippen MR) is 153 cm³/mol. The van der Waals surface area contributed by atoms with Crippen LogP contribution in [0.1, 0.15) is 73.0 Å². The summed E-state index contributed by atoms with van der Waals surface area (Å²) in [6, 6.07) is 9.21. The van der Waals surface area contributed by atoms with Crippen molar-refractivity contribution in [3.63, 3.8) is 0 Å². The highest BCUT2D eigenvalue weighted by Crippen LogP contribution is 2.54. The zero-order valence-electron chi connectivity index (χ0n) is 23.1. The number of methoxy groups -OCH3 is 1. The molecule has 6 rings (SSSR count). The lowest BCUT2D eigenvalue weighted by Crippen LogP contribution is -2.35. The summed E-state index contributed by atoms with van der Waals surface area (Å²) < 4.78 is 18.3. The summed E-state index contributed by atoms with van der Waals surface area (Å²) in [6.45, 7) is 9.73. The fraction of sp³-hybridized carbons (Fsp3) is 0.344. The molecular formula is C32H34N2O5. The number of hydrogen-bond acceptors (Lipinski definition) is 6. The minimum absolute atomic E-state index is 0.0176. The average molecular weight is 527 g/mol. The Morgan fingerprint density at radius 3 is 2.59 bits per heavy atom. The summed E-state index contributed by atoms with van der Waals surface area (Å²) in [5.74, 6) is 2.64. The molecule has 1 fully saturated rings. The van der Waals surface area contributed by atoms with Crippen LogP contribution in [0.15, 0.2) is 40.8 Å². The number of fused-ring (bicyclic) bond motifs is 5. The van der Waals surface area contributed by atoms with Crippen LogP contribution in [0.4, 0.5) is 5.69 Å². The summed E-state index contributed by atoms with van der Waals surface area (Å²) in [4.78, 5) is 15.4. The standard InChI is InChI=1S/C32H34N2O5/c1-18-17-32(3,4)33-22-10-9-20-28(27(18)22)26(39-24-12-11-23(35)30(37-5)29(20)24)16-25-21(15-19(2)38-25)31(36)34-13-7-6-8-14-34/h9-12,15-17,33,35H,6-8,13-14H2,1-5H3/b26-16-. The van der Waals surface area contributed by atoms with Crippen LogP contribution in [0.25, 0.3) is 28.5 Å². The fourth-order valence-corrected chi connectivity index (χ4v) is 6.14. The summed E-state index contributed by atoms with van der Waals surface area (Å²) in [6.07, 6.45) is 7.21. The lowest BCUT2D eigenvalue weighted by molar-refractivity contribution is 0.0723. The molecule has 39 heavy (non-hydrogen) atoms. The minimum Gasteiger partial charge on any atom is -0.504 e. The highest BCUT2D eigenvalue weighted by molar-refractivity contribution is 6.04. The number of phenols is 1. The Morgan fingerprint density at radius 2 is 1.85 bits per heavy atom. The van der Waals surface area contributed by atoms with Gasteiger partial charge < -0.3 is 29.2 Å². The van der Waals surface area contributed by atoms with Gasteiger partial charge in [0.05, 0.1) is 23.8 Å². The van der Waals surface area contributed by atoms with E-state index in [1.54, 1.807) is 12.1 Å². The molecule has 3 aliphatic rings. The number of aryl methyl sites for hydroxylation is 1. The molecule has 2 N–H and O–H groups in total. The minimum atomic E-state index is -0.218. The first-order valence-corrected chi connectivity index (χ1v) is 13.5. The molecule has 1 amide bonds. The number of carbonyl (C=O) groups is 1. The first-order valence-electron chi connectivity index (χ1n) is 13.5. The molecule has 0 unspecified atom stereocenters. The predicted octanol–water partition coefficient (Wildman–Crippen LogP) is 7.09. The largest absolute Gasteiger partial charge is 0.504 e. The van der Waals surface area contributed by atoms with Gasteiger partial charge in [-0.3, -0.25) is 4.79 Å². The van der Waals surface area contributed by atoms with E-state index in [0.29, 0.717) is 39.9 Å². The molecular weight excluding hydrogens is 492 g/mol. The van der Waals surface area contributed by atoms with Gasteiger partial charge >= 0.3 is 0 Å². The molecule has 3 aliphatic heterocycles. The van der Waals surface area contributed by atoms with E-state index in [9.17, 15) is 9.90 Å². The van der Waals surface area contributed by atoms with Crippen molar-refractivity contribution in [2.24, 2.45) is 0 Å². The average Bonchev–Trinajstić information content (AvgIpc) is 3.27. The third-order valence-electron chi connectivity index (χ3n) is 7.69. The maximum absolute atomic E-state index is 13.5. The first kappa shape index (κ1) is 25.2. The Labute approximate surface area is 228 Å². The van der Waals surface area contributed by atoms with Crippen molar-refractivity contribution in [3.05, 3.63) is 64.6 Å². The number of aromatic hydroxyl groups is 1. The quantitative estimate of drug-likeness (QED) is 0.379. The third kappa shape index (κ3) is 4.26. The number of nitrogens with one attached hydrogen (secondary N) is 1. The van der Waals surface area contributed by atoms with Gasteiger partial charge in [-0.1, -0.05) is 12.1 Å². The smallest absolute Gasteiger partial charge is 0.257 e. The van der Waals surface area contributed by atoms with Crippen LogP contribution < -0.4 is 14.8 Å². The number of likely N-dealkylation sites (tertiary alicyclic amines) is 1. The maximum Gasteiger partial charge on any atom is 0.257 e. The Bertz CT molecular complexity index is 1550. The molecule has 0 bridgehead atoms. The van der Waals surface area contributed by atoms with Gasteiger partial charge in [-0.2, -0.15) is 0 Å². The molecule has 7 heteroatoms. The van der Waals surface area contributed by atoms with Gasteiger partial charge in [0.15, 0.2) is 11.5 Å². The Hall–Kier alpha value is -4.13. The Balaban J connectivity index is 1.57. The SMILES string of the molecule is COc1c(O)ccc2c1-c1ccc3c(c1/C(=C/c1oc(C)cc1C(=O)N1CCCCC1)O2)C(C)=CC(C)(C)N3. The van der Waals surface area contributed by atoms with Crippen molar-refractivity contribution in [1.82, 2.24) is 4.90 Å². The van der Waals surface area contributed by atoms with Crippen molar-refractivity contribution in [3.8, 4) is 28.4 Å². The Kier molecular flexibility index (Phi) is 5.97. The number of anilines is 1. The number of ether oxygens (including phenoxy) is 2. The second-order valence-corrected chi connectivity index (χ2v) is 11.2. The van der Waals surface area contributed by atoms with Crippen LogP contribution >= 0.6 is 0 Å². The third-order valence-corrected chi connectivity index (χ3v) is 7.69. The maximum atomic E-state index is 13.5. The number of benzene rings is 2. The number of phenolic OH excluding ortho intramolecular Hbond substituents is 1. The fourth-order valence-electron chi connectivity index (χ4n) is 6.14. The van der Waals surface area contributed by atoms with Crippen LogP contribution in [0.2, 0.25) is 0 Å². The molecule has 0 spiro atoms. The molecule has 0 atom stereocenters. The number of allylic oxidation sites excluding steroid dienone is 1. The number of furan rings is 1. The van der Waals surface area contributed by atoms with Gasteiger partial charge in [0.1, 0.15) is 23.0 Å². The van der Waals surface area contributed by atoms with E-state index in [1.165, 1.54) is 7.11 Å². The highest BCUT2D eigenvalue weighted by atomic mass is 16.5. The topological polar surface area (TPSA) is 84.2 Å². The molecule has 2 aromatic carbocycles. The van der Waals surface area contributed by atoms with E-state index >= 15 is 0 Å². The summed E-state index contributed by atoms with van der Waals surface area (Å²) in [5.41, 5.74) is 5.81. The normalized spacial score (nSPS) is 18.3. The summed E-state index contributed by atoms with van der Waals surface area (Å²) >= 11 is 0. The zero-order chi connectivity index (χ0) is 27.5. The highest BCUT2D eigenvalue weighted by Gasteiger charge is 2.34. The van der Waals surface area contributed by atoms with Gasteiger partial charge in [-0.05, 0) is 76.8 Å². The van der Waals surface area contributed by atoms with Crippen molar-refractivity contribution in [1.29, 1.82) is 0 Å². The molecule has 0 radical (unpaired) electrons. The Morgan fingerprint density at radius 1 is 1.08 bits per heavy atom. The first-order chi connectivity index (χ1) is 18.7. The van der Waals surface area contributed by atoms with Gasteiger partial charge in [-0.25, -0.2) is 0 Å². The second kappa shape index (κ2) is 9.26. The number of rotatable bonds is 3. The lowest BCUT2D eigenvalue weighted by atomic mass is 9.83. The van der Waals surface area contributed by atoms with Crippen molar-refractivity contribution in [2.45, 2.75) is 52.5 Å². The van der Waals surface area contributed by atoms with Crippen LogP contribution in [-0.4, -0.2) is 41.7 Å². The molecule has 7 nitrogen and oxygen atoms in total. The van der Waals surface area contributed by atoms with E-state index in [1.807, 2.05) is 30.0 Å². The van der Waals surface area contributed by atoms with Crippen molar-refractivity contribution in [2.75, 3.05) is 25.5 Å². The molecule has 1 saturated heterocycles. The second-order valence-electron chi connectivity index (χ2n) is 11.2. The number of nitrogens with zero attached hydrogens (tertiary/aromatic N) is 1. The molecule has 202 valence electrons. The number of hydrogen-bond donors (Lipinski definition) is 2. The van der Waals surface area contributed by atoms with Gasteiger partial charge in [-0.15, -0.1) is 0 Å².